The van der Waals surface area contributed by atoms with Crippen molar-refractivity contribution in [1.29, 1.82) is 0 Å². The van der Waals surface area contributed by atoms with Gasteiger partial charge >= 0.3 is 6.09 Å². The van der Waals surface area contributed by atoms with Crippen molar-refractivity contribution in [1.82, 2.24) is 15.1 Å². The van der Waals surface area contributed by atoms with Gasteiger partial charge in [0.2, 0.25) is 11.8 Å². The lowest BCUT2D eigenvalue weighted by Crippen LogP contribution is -2.56. The zero-order chi connectivity index (χ0) is 18.4. The Bertz CT molecular complexity index is 632. The minimum absolute atomic E-state index is 0.00216. The van der Waals surface area contributed by atoms with Gasteiger partial charge in [0.15, 0.2) is 0 Å². The molecule has 1 fully saturated rings. The van der Waals surface area contributed by atoms with E-state index in [4.69, 9.17) is 4.74 Å². The van der Waals surface area contributed by atoms with Crippen LogP contribution in [0.5, 0.6) is 5.75 Å². The van der Waals surface area contributed by atoms with Gasteiger partial charge in [-0.1, -0.05) is 12.1 Å². The van der Waals surface area contributed by atoms with Crippen molar-refractivity contribution in [3.05, 3.63) is 29.8 Å². The highest BCUT2D eigenvalue weighted by atomic mass is 16.5. The molecule has 0 aliphatic carbocycles. The maximum atomic E-state index is 12.3. The van der Waals surface area contributed by atoms with E-state index in [1.807, 2.05) is 24.3 Å². The SMILES string of the molecule is COC(=O)N[C@H](C)C(=O)N1CCN(Cc2ccc(OC)cc2)C(=O)C1. The van der Waals surface area contributed by atoms with E-state index in [0.29, 0.717) is 19.6 Å². The first-order chi connectivity index (χ1) is 11.9. The second-order valence-electron chi connectivity index (χ2n) is 5.78. The molecule has 1 saturated heterocycles. The highest BCUT2D eigenvalue weighted by Crippen LogP contribution is 2.15. The van der Waals surface area contributed by atoms with E-state index in [-0.39, 0.29) is 18.4 Å². The summed E-state index contributed by atoms with van der Waals surface area (Å²) >= 11 is 0. The number of carbonyl (C=O) groups excluding carboxylic acids is 3. The van der Waals surface area contributed by atoms with Crippen molar-refractivity contribution in [2.45, 2.75) is 19.5 Å². The number of nitrogens with one attached hydrogen (secondary N) is 1. The summed E-state index contributed by atoms with van der Waals surface area (Å²) in [5.74, 6) is 0.334. The van der Waals surface area contributed by atoms with Crippen molar-refractivity contribution >= 4 is 17.9 Å². The molecule has 25 heavy (non-hydrogen) atoms. The molecule has 0 spiro atoms. The Kier molecular flexibility index (Phi) is 6.21. The molecule has 136 valence electrons. The number of nitrogens with zero attached hydrogens (tertiary/aromatic N) is 2. The van der Waals surface area contributed by atoms with E-state index in [0.717, 1.165) is 11.3 Å². The van der Waals surface area contributed by atoms with Crippen LogP contribution in [0.2, 0.25) is 0 Å². The number of rotatable bonds is 5. The molecule has 0 radical (unpaired) electrons. The number of hydrogen-bond donors (Lipinski definition) is 1. The molecule has 1 aromatic rings. The molecule has 1 atom stereocenters. The predicted octanol–water partition coefficient (Wildman–Crippen LogP) is 0.611. The number of amides is 3. The van der Waals surface area contributed by atoms with E-state index in [1.54, 1.807) is 18.9 Å². The van der Waals surface area contributed by atoms with Gasteiger partial charge in [-0.15, -0.1) is 0 Å². The molecule has 1 aliphatic rings. The van der Waals surface area contributed by atoms with E-state index in [1.165, 1.54) is 12.0 Å². The maximum absolute atomic E-state index is 12.3. The summed E-state index contributed by atoms with van der Waals surface area (Å²) in [6.45, 7) is 2.92. The molecule has 8 heteroatoms. The Balaban J connectivity index is 1.89. The molecule has 8 nitrogen and oxygen atoms in total. The van der Waals surface area contributed by atoms with Crippen LogP contribution < -0.4 is 10.1 Å². The lowest BCUT2D eigenvalue weighted by Gasteiger charge is -2.35. The minimum Gasteiger partial charge on any atom is -0.497 e. The average molecular weight is 349 g/mol. The van der Waals surface area contributed by atoms with Gasteiger partial charge in [0.1, 0.15) is 11.8 Å². The first-order valence-electron chi connectivity index (χ1n) is 7.98. The van der Waals surface area contributed by atoms with Crippen molar-refractivity contribution in [3.8, 4) is 5.75 Å². The molecule has 0 saturated carbocycles. The quantitative estimate of drug-likeness (QED) is 0.841. The van der Waals surface area contributed by atoms with Gasteiger partial charge < -0.3 is 24.6 Å². The summed E-state index contributed by atoms with van der Waals surface area (Å²) in [4.78, 5) is 39.0. The molecule has 1 aliphatic heterocycles. The zero-order valence-electron chi connectivity index (χ0n) is 14.7. The fraction of sp³-hybridized carbons (Fsp3) is 0.471. The summed E-state index contributed by atoms with van der Waals surface area (Å²) < 4.78 is 9.59. The van der Waals surface area contributed by atoms with Crippen LogP contribution in [0.15, 0.2) is 24.3 Å². The molecule has 0 aromatic heterocycles. The second kappa shape index (κ2) is 8.36. The van der Waals surface area contributed by atoms with Crippen LogP contribution in [-0.4, -0.2) is 67.6 Å². The summed E-state index contributed by atoms with van der Waals surface area (Å²) in [7, 11) is 2.83. The van der Waals surface area contributed by atoms with Crippen LogP contribution in [0.3, 0.4) is 0 Å². The van der Waals surface area contributed by atoms with Crippen LogP contribution in [0, 0.1) is 0 Å². The fourth-order valence-electron chi connectivity index (χ4n) is 2.59. The molecule has 1 N–H and O–H groups in total. The third kappa shape index (κ3) is 4.85. The van der Waals surface area contributed by atoms with Crippen LogP contribution in [0.1, 0.15) is 12.5 Å². The van der Waals surface area contributed by atoms with Crippen LogP contribution in [-0.2, 0) is 20.9 Å². The number of alkyl carbamates (subject to hydrolysis) is 1. The van der Waals surface area contributed by atoms with Crippen molar-refractivity contribution in [2.24, 2.45) is 0 Å². The lowest BCUT2D eigenvalue weighted by molar-refractivity contribution is -0.146. The smallest absolute Gasteiger partial charge is 0.407 e. The first-order valence-corrected chi connectivity index (χ1v) is 7.98. The molecule has 0 bridgehead atoms. The van der Waals surface area contributed by atoms with Gasteiger partial charge in [-0.3, -0.25) is 9.59 Å². The van der Waals surface area contributed by atoms with Crippen molar-refractivity contribution in [3.63, 3.8) is 0 Å². The Morgan fingerprint density at radius 3 is 2.44 bits per heavy atom. The van der Waals surface area contributed by atoms with E-state index in [9.17, 15) is 14.4 Å². The third-order valence-electron chi connectivity index (χ3n) is 4.05. The largest absolute Gasteiger partial charge is 0.497 e. The predicted molar refractivity (Wildman–Crippen MR) is 90.0 cm³/mol. The monoisotopic (exact) mass is 349 g/mol. The Hall–Kier alpha value is -2.77. The Morgan fingerprint density at radius 1 is 1.20 bits per heavy atom. The summed E-state index contributed by atoms with van der Waals surface area (Å²) in [6.07, 6.45) is -0.676. The van der Waals surface area contributed by atoms with E-state index < -0.39 is 12.1 Å². The number of carbonyl (C=O) groups is 3. The van der Waals surface area contributed by atoms with Gasteiger partial charge in [-0.2, -0.15) is 0 Å². The maximum Gasteiger partial charge on any atom is 0.407 e. The minimum atomic E-state index is -0.742. The molecular formula is C17H23N3O5. The van der Waals surface area contributed by atoms with Crippen LogP contribution in [0.4, 0.5) is 4.79 Å². The van der Waals surface area contributed by atoms with Gasteiger partial charge in [-0.05, 0) is 24.6 Å². The summed E-state index contributed by atoms with van der Waals surface area (Å²) in [6, 6.07) is 6.77. The zero-order valence-corrected chi connectivity index (χ0v) is 14.7. The second-order valence-corrected chi connectivity index (χ2v) is 5.78. The number of benzene rings is 1. The van der Waals surface area contributed by atoms with Gasteiger partial charge in [0, 0.05) is 19.6 Å². The lowest BCUT2D eigenvalue weighted by atomic mass is 10.1. The summed E-state index contributed by atoms with van der Waals surface area (Å²) in [5, 5.41) is 2.41. The average Bonchev–Trinajstić information content (AvgIpc) is 2.63. The van der Waals surface area contributed by atoms with Crippen LogP contribution >= 0.6 is 0 Å². The highest BCUT2D eigenvalue weighted by Gasteiger charge is 2.30. The molecule has 1 aromatic carbocycles. The molecule has 0 unspecified atom stereocenters. The molecule has 2 rings (SSSR count). The van der Waals surface area contributed by atoms with Gasteiger partial charge in [0.25, 0.3) is 0 Å². The molecule has 1 heterocycles. The number of ether oxygens (including phenoxy) is 2. The normalized spacial score (nSPS) is 15.6. The van der Waals surface area contributed by atoms with Crippen molar-refractivity contribution in [2.75, 3.05) is 33.9 Å². The van der Waals surface area contributed by atoms with Gasteiger partial charge in [-0.25, -0.2) is 4.79 Å². The Labute approximate surface area is 146 Å². The highest BCUT2D eigenvalue weighted by molar-refractivity contribution is 5.90. The number of methoxy groups -OCH3 is 2. The van der Waals surface area contributed by atoms with E-state index in [2.05, 4.69) is 10.1 Å². The molecule has 3 amide bonds. The number of piperazine rings is 1. The van der Waals surface area contributed by atoms with Crippen LogP contribution in [0.25, 0.3) is 0 Å². The number of hydrogen-bond acceptors (Lipinski definition) is 5. The third-order valence-corrected chi connectivity index (χ3v) is 4.05. The summed E-state index contributed by atoms with van der Waals surface area (Å²) in [5.41, 5.74) is 0.995. The Morgan fingerprint density at radius 2 is 1.88 bits per heavy atom. The molecular weight excluding hydrogens is 326 g/mol. The van der Waals surface area contributed by atoms with Gasteiger partial charge in [0.05, 0.1) is 20.8 Å². The van der Waals surface area contributed by atoms with E-state index >= 15 is 0 Å². The topological polar surface area (TPSA) is 88.2 Å². The fourth-order valence-corrected chi connectivity index (χ4v) is 2.59. The van der Waals surface area contributed by atoms with Crippen molar-refractivity contribution < 1.29 is 23.9 Å². The standard InChI is InChI=1S/C17H23N3O5/c1-12(18-17(23)25-3)16(22)20-9-8-19(15(21)11-20)10-13-4-6-14(24-2)7-5-13/h4-7,12H,8-11H2,1-3H3,(H,18,23)/t12-/m1/s1. The first kappa shape index (κ1) is 18.6.